The van der Waals surface area contributed by atoms with E-state index in [1.165, 1.54) is 0 Å². The highest BCUT2D eigenvalue weighted by Gasteiger charge is 2.41. The molecule has 7 nitrogen and oxygen atoms in total. The third-order valence-corrected chi connectivity index (χ3v) is 4.37. The molecule has 0 saturated carbocycles. The van der Waals surface area contributed by atoms with Crippen LogP contribution in [0.5, 0.6) is 0 Å². The van der Waals surface area contributed by atoms with E-state index in [1.54, 1.807) is 22.7 Å². The predicted molar refractivity (Wildman–Crippen MR) is 83.9 cm³/mol. The summed E-state index contributed by atoms with van der Waals surface area (Å²) in [4.78, 5) is 25.6. The first-order chi connectivity index (χ1) is 10.9. The Kier molecular flexibility index (Phi) is 3.63. The fourth-order valence-electron chi connectivity index (χ4n) is 2.68. The summed E-state index contributed by atoms with van der Waals surface area (Å²) < 4.78 is 1.57. The van der Waals surface area contributed by atoms with Crippen LogP contribution >= 0.6 is 0 Å². The summed E-state index contributed by atoms with van der Waals surface area (Å²) in [5.74, 6) is -0.607. The fraction of sp³-hybridized carbons (Fsp3) is 0.375. The number of primary amides is 1. The highest BCUT2D eigenvalue weighted by Crippen LogP contribution is 2.30. The summed E-state index contributed by atoms with van der Waals surface area (Å²) in [7, 11) is 0. The molecule has 3 rings (SSSR count). The van der Waals surface area contributed by atoms with Crippen molar-refractivity contribution in [3.05, 3.63) is 41.7 Å². The first-order valence-electron chi connectivity index (χ1n) is 7.48. The molecule has 0 aliphatic carbocycles. The van der Waals surface area contributed by atoms with Crippen LogP contribution in [0.4, 0.5) is 0 Å². The Morgan fingerprint density at radius 1 is 1.26 bits per heavy atom. The van der Waals surface area contributed by atoms with Crippen molar-refractivity contribution in [2.75, 3.05) is 13.1 Å². The van der Waals surface area contributed by atoms with E-state index in [4.69, 9.17) is 5.73 Å². The van der Waals surface area contributed by atoms with Gasteiger partial charge in [-0.05, 0) is 32.4 Å². The summed E-state index contributed by atoms with van der Waals surface area (Å²) >= 11 is 0. The minimum atomic E-state index is -0.664. The quantitative estimate of drug-likeness (QED) is 0.911. The number of carbonyl (C=O) groups excluding carboxylic acids is 2. The minimum absolute atomic E-state index is 0.228. The van der Waals surface area contributed by atoms with Gasteiger partial charge in [0.15, 0.2) is 5.69 Å². The van der Waals surface area contributed by atoms with E-state index >= 15 is 0 Å². The summed E-state index contributed by atoms with van der Waals surface area (Å²) in [6, 6.07) is 7.77. The van der Waals surface area contributed by atoms with Gasteiger partial charge in [0.25, 0.3) is 5.91 Å². The predicted octanol–water partition coefficient (Wildman–Crippen LogP) is 0.913. The Morgan fingerprint density at radius 2 is 1.96 bits per heavy atom. The molecule has 1 aliphatic rings. The number of aromatic nitrogens is 3. The normalized spacial score (nSPS) is 20.7. The summed E-state index contributed by atoms with van der Waals surface area (Å²) in [5, 5.41) is 7.97. The second kappa shape index (κ2) is 5.49. The highest BCUT2D eigenvalue weighted by molar-refractivity contribution is 5.93. The van der Waals surface area contributed by atoms with Crippen LogP contribution in [0, 0.1) is 12.3 Å². The summed E-state index contributed by atoms with van der Waals surface area (Å²) in [6.07, 6.45) is 2.17. The molecule has 1 fully saturated rings. The van der Waals surface area contributed by atoms with Crippen LogP contribution in [0.25, 0.3) is 5.69 Å². The van der Waals surface area contributed by atoms with Crippen molar-refractivity contribution in [3.63, 3.8) is 0 Å². The highest BCUT2D eigenvalue weighted by atomic mass is 16.2. The SMILES string of the molecule is Cc1ccc(-n2cc(C(=O)N3CC[C@@](C)(C(N)=O)C3)nn2)cc1. The van der Waals surface area contributed by atoms with E-state index < -0.39 is 5.41 Å². The van der Waals surface area contributed by atoms with Crippen LogP contribution in [-0.4, -0.2) is 44.8 Å². The van der Waals surface area contributed by atoms with Crippen molar-refractivity contribution in [3.8, 4) is 5.69 Å². The molecule has 1 saturated heterocycles. The van der Waals surface area contributed by atoms with E-state index in [0.717, 1.165) is 11.3 Å². The standard InChI is InChI=1S/C16H19N5O2/c1-11-3-5-12(6-4-11)21-9-13(18-19-21)14(22)20-8-7-16(2,10-20)15(17)23/h3-6,9H,7-8,10H2,1-2H3,(H2,17,23)/t16-/m1/s1. The Hall–Kier alpha value is -2.70. The molecule has 2 N–H and O–H groups in total. The largest absolute Gasteiger partial charge is 0.369 e. The first-order valence-corrected chi connectivity index (χ1v) is 7.48. The third-order valence-electron chi connectivity index (χ3n) is 4.37. The average molecular weight is 313 g/mol. The fourth-order valence-corrected chi connectivity index (χ4v) is 2.68. The molecular weight excluding hydrogens is 294 g/mol. The maximum absolute atomic E-state index is 12.5. The number of hydrogen-bond donors (Lipinski definition) is 1. The van der Waals surface area contributed by atoms with Gasteiger partial charge in [0.05, 0.1) is 17.3 Å². The van der Waals surface area contributed by atoms with Crippen LogP contribution in [0.15, 0.2) is 30.5 Å². The molecule has 23 heavy (non-hydrogen) atoms. The van der Waals surface area contributed by atoms with Crippen molar-refractivity contribution in [2.24, 2.45) is 11.1 Å². The third kappa shape index (κ3) is 2.81. The number of hydrogen-bond acceptors (Lipinski definition) is 4. The second-order valence-corrected chi connectivity index (χ2v) is 6.29. The van der Waals surface area contributed by atoms with Gasteiger partial charge in [-0.2, -0.15) is 0 Å². The lowest BCUT2D eigenvalue weighted by molar-refractivity contribution is -0.126. The average Bonchev–Trinajstić information content (AvgIpc) is 3.15. The number of rotatable bonds is 3. The van der Waals surface area contributed by atoms with Gasteiger partial charge in [-0.15, -0.1) is 5.10 Å². The molecule has 1 aromatic heterocycles. The van der Waals surface area contributed by atoms with E-state index in [-0.39, 0.29) is 17.5 Å². The monoisotopic (exact) mass is 313 g/mol. The number of benzene rings is 1. The first kappa shape index (κ1) is 15.2. The van der Waals surface area contributed by atoms with E-state index in [2.05, 4.69) is 10.3 Å². The summed E-state index contributed by atoms with van der Waals surface area (Å²) in [5.41, 5.74) is 7.00. The van der Waals surface area contributed by atoms with Gasteiger partial charge in [-0.3, -0.25) is 9.59 Å². The van der Waals surface area contributed by atoms with Crippen LogP contribution in [0.3, 0.4) is 0 Å². The molecule has 1 aromatic carbocycles. The number of carbonyl (C=O) groups is 2. The molecule has 120 valence electrons. The molecule has 1 atom stereocenters. The van der Waals surface area contributed by atoms with E-state index in [1.807, 2.05) is 31.2 Å². The Bertz CT molecular complexity index is 752. The molecule has 0 radical (unpaired) electrons. The lowest BCUT2D eigenvalue weighted by Crippen LogP contribution is -2.38. The van der Waals surface area contributed by atoms with Crippen LogP contribution in [-0.2, 0) is 4.79 Å². The molecule has 2 heterocycles. The van der Waals surface area contributed by atoms with Gasteiger partial charge < -0.3 is 10.6 Å². The molecule has 2 aromatic rings. The molecule has 0 bridgehead atoms. The Balaban J connectivity index is 1.77. The lowest BCUT2D eigenvalue weighted by Gasteiger charge is -2.20. The van der Waals surface area contributed by atoms with E-state index in [0.29, 0.717) is 19.5 Å². The molecule has 2 amide bonds. The van der Waals surface area contributed by atoms with Gasteiger partial charge in [0.1, 0.15) is 0 Å². The molecule has 7 heteroatoms. The maximum Gasteiger partial charge on any atom is 0.276 e. The molecule has 0 unspecified atom stereocenters. The van der Waals surface area contributed by atoms with Gasteiger partial charge in [-0.25, -0.2) is 4.68 Å². The van der Waals surface area contributed by atoms with Gasteiger partial charge in [0.2, 0.25) is 5.91 Å². The van der Waals surface area contributed by atoms with Gasteiger partial charge in [0, 0.05) is 13.1 Å². The molecule has 0 spiro atoms. The topological polar surface area (TPSA) is 94.1 Å². The smallest absolute Gasteiger partial charge is 0.276 e. The molecule has 1 aliphatic heterocycles. The number of likely N-dealkylation sites (tertiary alicyclic amines) is 1. The van der Waals surface area contributed by atoms with Gasteiger partial charge >= 0.3 is 0 Å². The number of aryl methyl sites for hydroxylation is 1. The van der Waals surface area contributed by atoms with Crippen molar-refractivity contribution in [2.45, 2.75) is 20.3 Å². The van der Waals surface area contributed by atoms with Crippen molar-refractivity contribution < 1.29 is 9.59 Å². The van der Waals surface area contributed by atoms with E-state index in [9.17, 15) is 9.59 Å². The van der Waals surface area contributed by atoms with Crippen LogP contribution < -0.4 is 5.73 Å². The zero-order valence-electron chi connectivity index (χ0n) is 13.2. The number of nitrogens with two attached hydrogens (primary N) is 1. The number of amides is 2. The zero-order valence-corrected chi connectivity index (χ0v) is 13.2. The van der Waals surface area contributed by atoms with Crippen molar-refractivity contribution in [1.82, 2.24) is 19.9 Å². The Morgan fingerprint density at radius 3 is 2.57 bits per heavy atom. The maximum atomic E-state index is 12.5. The second-order valence-electron chi connectivity index (χ2n) is 6.29. The van der Waals surface area contributed by atoms with Crippen molar-refractivity contribution in [1.29, 1.82) is 0 Å². The summed E-state index contributed by atoms with van der Waals surface area (Å²) in [6.45, 7) is 4.60. The minimum Gasteiger partial charge on any atom is -0.369 e. The molecular formula is C16H19N5O2. The number of nitrogens with zero attached hydrogens (tertiary/aromatic N) is 4. The lowest BCUT2D eigenvalue weighted by atomic mass is 9.89. The van der Waals surface area contributed by atoms with Crippen molar-refractivity contribution >= 4 is 11.8 Å². The van der Waals surface area contributed by atoms with Crippen LogP contribution in [0.2, 0.25) is 0 Å². The Labute approximate surface area is 134 Å². The van der Waals surface area contributed by atoms with Crippen LogP contribution in [0.1, 0.15) is 29.4 Å². The van der Waals surface area contributed by atoms with Gasteiger partial charge in [-0.1, -0.05) is 22.9 Å². The zero-order chi connectivity index (χ0) is 16.6.